The molecule has 0 unspecified atom stereocenters. The molecule has 88 valence electrons. The van der Waals surface area contributed by atoms with Crippen LogP contribution in [0.1, 0.15) is 10.5 Å². The second kappa shape index (κ2) is 5.06. The van der Waals surface area contributed by atoms with E-state index in [1.54, 1.807) is 12.5 Å². The molecule has 0 aliphatic rings. The molecule has 1 amide bonds. The molecule has 0 radical (unpaired) electrons. The second-order valence-corrected chi connectivity index (χ2v) is 3.36. The predicted molar refractivity (Wildman–Crippen MR) is 59.4 cm³/mol. The highest BCUT2D eigenvalue weighted by Gasteiger charge is 2.05. The van der Waals surface area contributed by atoms with Gasteiger partial charge in [0.2, 0.25) is 0 Å². The van der Waals surface area contributed by atoms with Crippen molar-refractivity contribution in [3.63, 3.8) is 0 Å². The van der Waals surface area contributed by atoms with E-state index in [0.29, 0.717) is 13.1 Å². The molecule has 0 aliphatic heterocycles. The lowest BCUT2D eigenvalue weighted by molar-refractivity contribution is 0.0946. The average Bonchev–Trinajstić information content (AvgIpc) is 2.83. The Balaban J connectivity index is 1.85. The van der Waals surface area contributed by atoms with Gasteiger partial charge in [0.1, 0.15) is 5.69 Å². The summed E-state index contributed by atoms with van der Waals surface area (Å²) in [7, 11) is 0. The molecule has 0 bridgehead atoms. The van der Waals surface area contributed by atoms with Gasteiger partial charge in [0.05, 0.1) is 6.33 Å². The summed E-state index contributed by atoms with van der Waals surface area (Å²) in [5.74, 6) is -0.318. The Kier molecular flexibility index (Phi) is 3.29. The van der Waals surface area contributed by atoms with E-state index in [4.69, 9.17) is 0 Å². The van der Waals surface area contributed by atoms with Crippen molar-refractivity contribution in [2.24, 2.45) is 0 Å². The average molecular weight is 233 g/mol. The first-order chi connectivity index (χ1) is 8.25. The summed E-state index contributed by atoms with van der Waals surface area (Å²) in [5, 5.41) is 8.51. The van der Waals surface area contributed by atoms with E-state index in [9.17, 15) is 9.59 Å². The molecular weight excluding hydrogens is 222 g/mol. The van der Waals surface area contributed by atoms with Crippen molar-refractivity contribution in [1.82, 2.24) is 25.1 Å². The fourth-order valence-corrected chi connectivity index (χ4v) is 1.28. The minimum atomic E-state index is -0.333. The van der Waals surface area contributed by atoms with Gasteiger partial charge >= 0.3 is 0 Å². The number of rotatable bonds is 4. The van der Waals surface area contributed by atoms with Gasteiger partial charge in [-0.05, 0) is 6.07 Å². The summed E-state index contributed by atoms with van der Waals surface area (Å²) in [4.78, 5) is 26.2. The number of H-pyrrole nitrogens is 1. The molecule has 0 atom stereocenters. The summed E-state index contributed by atoms with van der Waals surface area (Å²) >= 11 is 0. The smallest absolute Gasteiger partial charge is 0.271 e. The lowest BCUT2D eigenvalue weighted by atomic mass is 10.3. The first-order valence-corrected chi connectivity index (χ1v) is 5.05. The Morgan fingerprint density at radius 2 is 2.35 bits per heavy atom. The molecule has 0 saturated heterocycles. The molecule has 7 nitrogen and oxygen atoms in total. The molecule has 17 heavy (non-hydrogen) atoms. The molecule has 0 saturated carbocycles. The van der Waals surface area contributed by atoms with Crippen molar-refractivity contribution < 1.29 is 4.79 Å². The van der Waals surface area contributed by atoms with Crippen LogP contribution in [0.25, 0.3) is 0 Å². The van der Waals surface area contributed by atoms with Crippen LogP contribution in [0.15, 0.2) is 35.6 Å². The van der Waals surface area contributed by atoms with Crippen molar-refractivity contribution in [3.8, 4) is 0 Å². The molecule has 7 heteroatoms. The van der Waals surface area contributed by atoms with Crippen LogP contribution in [0, 0.1) is 0 Å². The van der Waals surface area contributed by atoms with Crippen molar-refractivity contribution >= 4 is 5.91 Å². The van der Waals surface area contributed by atoms with E-state index < -0.39 is 0 Å². The Morgan fingerprint density at radius 3 is 3.00 bits per heavy atom. The van der Waals surface area contributed by atoms with Gasteiger partial charge in [-0.15, -0.1) is 0 Å². The molecular formula is C10H11N5O2. The Labute approximate surface area is 96.5 Å². The van der Waals surface area contributed by atoms with Gasteiger partial charge in [-0.2, -0.15) is 5.10 Å². The molecule has 0 aromatic carbocycles. The predicted octanol–water partition coefficient (Wildman–Crippen LogP) is -0.604. The van der Waals surface area contributed by atoms with Crippen molar-refractivity contribution in [2.75, 3.05) is 6.54 Å². The fourth-order valence-electron chi connectivity index (χ4n) is 1.28. The number of nitrogens with zero attached hydrogens (tertiary/aromatic N) is 3. The number of aromatic nitrogens is 4. The van der Waals surface area contributed by atoms with E-state index in [1.807, 2.05) is 10.8 Å². The Morgan fingerprint density at radius 1 is 1.47 bits per heavy atom. The van der Waals surface area contributed by atoms with Gasteiger partial charge in [-0.25, -0.2) is 10.1 Å². The lowest BCUT2D eigenvalue weighted by Gasteiger charge is -2.04. The molecule has 0 fully saturated rings. The van der Waals surface area contributed by atoms with Crippen LogP contribution in [-0.2, 0) is 6.54 Å². The Hall–Kier alpha value is -2.44. The van der Waals surface area contributed by atoms with E-state index >= 15 is 0 Å². The molecule has 2 N–H and O–H groups in total. The maximum absolute atomic E-state index is 11.6. The highest BCUT2D eigenvalue weighted by molar-refractivity contribution is 5.91. The highest BCUT2D eigenvalue weighted by Crippen LogP contribution is 1.89. The maximum atomic E-state index is 11.6. The summed E-state index contributed by atoms with van der Waals surface area (Å²) < 4.78 is 1.85. The summed E-state index contributed by atoms with van der Waals surface area (Å²) in [6.45, 7) is 1.10. The quantitative estimate of drug-likeness (QED) is 0.737. The number of nitrogens with one attached hydrogen (secondary N) is 2. The fraction of sp³-hybridized carbons (Fsp3) is 0.200. The molecule has 2 rings (SSSR count). The van der Waals surface area contributed by atoms with Gasteiger partial charge in [-0.3, -0.25) is 9.59 Å². The molecule has 2 heterocycles. The van der Waals surface area contributed by atoms with E-state index in [-0.39, 0.29) is 17.2 Å². The summed E-state index contributed by atoms with van der Waals surface area (Å²) in [6.07, 6.45) is 5.15. The number of imidazole rings is 1. The van der Waals surface area contributed by atoms with Crippen LogP contribution in [0.5, 0.6) is 0 Å². The maximum Gasteiger partial charge on any atom is 0.271 e. The van der Waals surface area contributed by atoms with E-state index in [0.717, 1.165) is 0 Å². The summed E-state index contributed by atoms with van der Waals surface area (Å²) in [5.41, 5.74) is -0.143. The number of aromatic amines is 1. The largest absolute Gasteiger partial charge is 0.349 e. The minimum Gasteiger partial charge on any atom is -0.349 e. The zero-order valence-corrected chi connectivity index (χ0v) is 8.96. The van der Waals surface area contributed by atoms with Gasteiger partial charge in [-0.1, -0.05) is 0 Å². The van der Waals surface area contributed by atoms with Gasteiger partial charge < -0.3 is 9.88 Å². The topological polar surface area (TPSA) is 92.7 Å². The van der Waals surface area contributed by atoms with Crippen LogP contribution in [-0.4, -0.2) is 32.2 Å². The Bertz CT molecular complexity index is 526. The number of amides is 1. The lowest BCUT2D eigenvalue weighted by Crippen LogP contribution is -2.28. The third-order valence-corrected chi connectivity index (χ3v) is 2.13. The molecule has 0 spiro atoms. The van der Waals surface area contributed by atoms with Gasteiger partial charge in [0.15, 0.2) is 0 Å². The minimum absolute atomic E-state index is 0.190. The number of carbonyl (C=O) groups is 1. The highest BCUT2D eigenvalue weighted by atomic mass is 16.2. The van der Waals surface area contributed by atoms with Crippen molar-refractivity contribution in [3.05, 3.63) is 46.9 Å². The monoisotopic (exact) mass is 233 g/mol. The first-order valence-electron chi connectivity index (χ1n) is 5.05. The standard InChI is InChI=1S/C10H11N5O2/c16-9-2-1-8(13-14-9)10(17)12-4-6-15-5-3-11-7-15/h1-3,5,7H,4,6H2,(H,12,17)(H,14,16). The number of carbonyl (C=O) groups excluding carboxylic acids is 1. The molecule has 2 aromatic rings. The normalized spacial score (nSPS) is 10.1. The molecule has 0 aliphatic carbocycles. The van der Waals surface area contributed by atoms with Gasteiger partial charge in [0.25, 0.3) is 11.5 Å². The second-order valence-electron chi connectivity index (χ2n) is 3.36. The van der Waals surface area contributed by atoms with Crippen LogP contribution >= 0.6 is 0 Å². The third kappa shape index (κ3) is 3.00. The van der Waals surface area contributed by atoms with E-state index in [2.05, 4.69) is 20.5 Å². The van der Waals surface area contributed by atoms with Crippen LogP contribution in [0.2, 0.25) is 0 Å². The number of hydrogen-bond acceptors (Lipinski definition) is 4. The first kappa shape index (κ1) is 11.1. The molecule has 2 aromatic heterocycles. The van der Waals surface area contributed by atoms with Crippen LogP contribution in [0.3, 0.4) is 0 Å². The zero-order chi connectivity index (χ0) is 12.1. The van der Waals surface area contributed by atoms with Crippen molar-refractivity contribution in [1.29, 1.82) is 0 Å². The van der Waals surface area contributed by atoms with Crippen molar-refractivity contribution in [2.45, 2.75) is 6.54 Å². The van der Waals surface area contributed by atoms with Gasteiger partial charge in [0, 0.05) is 31.5 Å². The van der Waals surface area contributed by atoms with E-state index in [1.165, 1.54) is 12.1 Å². The van der Waals surface area contributed by atoms with Crippen LogP contribution < -0.4 is 10.9 Å². The van der Waals surface area contributed by atoms with Crippen LogP contribution in [0.4, 0.5) is 0 Å². The SMILES string of the molecule is O=C(NCCn1ccnc1)c1ccc(=O)[nH]n1. The zero-order valence-electron chi connectivity index (χ0n) is 8.96. The third-order valence-electron chi connectivity index (χ3n) is 2.13. The number of hydrogen-bond donors (Lipinski definition) is 2. The summed E-state index contributed by atoms with van der Waals surface area (Å²) in [6, 6.07) is 2.64.